The molecule has 1 aromatic heterocycles. The highest BCUT2D eigenvalue weighted by Crippen LogP contribution is 2.35. The summed E-state index contributed by atoms with van der Waals surface area (Å²) in [6.07, 6.45) is 3.91. The van der Waals surface area contributed by atoms with Gasteiger partial charge in [-0.05, 0) is 56.2 Å². The molecule has 1 atom stereocenters. The van der Waals surface area contributed by atoms with Crippen molar-refractivity contribution in [3.8, 4) is 0 Å². The van der Waals surface area contributed by atoms with Crippen LogP contribution < -0.4 is 10.6 Å². The first kappa shape index (κ1) is 16.6. The highest BCUT2D eigenvalue weighted by atomic mass is 16.2. The predicted molar refractivity (Wildman–Crippen MR) is 106 cm³/mol. The van der Waals surface area contributed by atoms with E-state index < -0.39 is 0 Å². The normalized spacial score (nSPS) is 14.0. The summed E-state index contributed by atoms with van der Waals surface area (Å²) in [5.74, 6) is 0.648. The van der Waals surface area contributed by atoms with Crippen molar-refractivity contribution in [3.63, 3.8) is 0 Å². The van der Waals surface area contributed by atoms with Crippen LogP contribution >= 0.6 is 0 Å². The quantitative estimate of drug-likeness (QED) is 0.728. The van der Waals surface area contributed by atoms with Crippen molar-refractivity contribution in [2.24, 2.45) is 0 Å². The molecule has 1 heterocycles. The number of hydrogen-bond acceptors (Lipinski definition) is 3. The average Bonchev–Trinajstić information content (AvgIpc) is 3.25. The van der Waals surface area contributed by atoms with Crippen molar-refractivity contribution in [2.45, 2.75) is 45.7 Å². The van der Waals surface area contributed by atoms with Crippen LogP contribution in [0.5, 0.6) is 0 Å². The van der Waals surface area contributed by atoms with Crippen LogP contribution in [0, 0.1) is 0 Å². The molecule has 0 saturated carbocycles. The lowest BCUT2D eigenvalue weighted by molar-refractivity contribution is -0.116. The molecule has 0 saturated heterocycles. The first-order chi connectivity index (χ1) is 12.5. The van der Waals surface area contributed by atoms with Gasteiger partial charge >= 0.3 is 0 Å². The molecule has 1 unspecified atom stereocenters. The molecule has 4 rings (SSSR count). The first-order valence-electron chi connectivity index (χ1n) is 9.19. The van der Waals surface area contributed by atoms with Crippen molar-refractivity contribution < 1.29 is 4.79 Å². The Morgan fingerprint density at radius 1 is 1.08 bits per heavy atom. The van der Waals surface area contributed by atoms with E-state index in [1.54, 1.807) is 6.20 Å². The molecule has 5 nitrogen and oxygen atoms in total. The van der Waals surface area contributed by atoms with Crippen LogP contribution in [0.25, 0.3) is 10.8 Å². The number of nitrogens with one attached hydrogen (secondary N) is 2. The monoisotopic (exact) mass is 348 g/mol. The molecule has 1 aliphatic rings. The Balaban J connectivity index is 1.55. The molecule has 0 spiro atoms. The van der Waals surface area contributed by atoms with Gasteiger partial charge in [0.1, 0.15) is 11.9 Å². The number of hydrogen-bond donors (Lipinski definition) is 2. The van der Waals surface area contributed by atoms with Gasteiger partial charge in [-0.1, -0.05) is 24.3 Å². The molecule has 26 heavy (non-hydrogen) atoms. The van der Waals surface area contributed by atoms with Crippen molar-refractivity contribution in [1.82, 2.24) is 9.78 Å². The van der Waals surface area contributed by atoms with E-state index in [0.717, 1.165) is 24.3 Å². The van der Waals surface area contributed by atoms with E-state index in [1.807, 2.05) is 31.5 Å². The van der Waals surface area contributed by atoms with Crippen molar-refractivity contribution in [3.05, 3.63) is 53.7 Å². The summed E-state index contributed by atoms with van der Waals surface area (Å²) >= 11 is 0. The molecule has 1 amide bonds. The van der Waals surface area contributed by atoms with Crippen LogP contribution in [-0.2, 0) is 17.6 Å². The van der Waals surface area contributed by atoms with Gasteiger partial charge in [-0.15, -0.1) is 0 Å². The first-order valence-corrected chi connectivity index (χ1v) is 9.19. The Labute approximate surface area is 153 Å². The molecule has 5 heteroatoms. The van der Waals surface area contributed by atoms with Crippen LogP contribution in [0.3, 0.4) is 0 Å². The van der Waals surface area contributed by atoms with Gasteiger partial charge in [0.15, 0.2) is 0 Å². The number of rotatable bonds is 5. The molecule has 2 N–H and O–H groups in total. The molecule has 1 aliphatic carbocycles. The van der Waals surface area contributed by atoms with E-state index in [4.69, 9.17) is 0 Å². The van der Waals surface area contributed by atoms with E-state index in [-0.39, 0.29) is 18.0 Å². The van der Waals surface area contributed by atoms with Crippen LogP contribution in [0.2, 0.25) is 0 Å². The van der Waals surface area contributed by atoms with Gasteiger partial charge in [-0.25, -0.2) is 4.68 Å². The number of nitrogens with zero attached hydrogens (tertiary/aromatic N) is 2. The Bertz CT molecular complexity index is 963. The second-order valence-corrected chi connectivity index (χ2v) is 7.22. The summed E-state index contributed by atoms with van der Waals surface area (Å²) < 4.78 is 1.81. The second-order valence-electron chi connectivity index (χ2n) is 7.22. The molecule has 2 aromatic carbocycles. The predicted octanol–water partition coefficient (Wildman–Crippen LogP) is 4.15. The Morgan fingerprint density at radius 2 is 1.85 bits per heavy atom. The lowest BCUT2D eigenvalue weighted by atomic mass is 10.0. The minimum Gasteiger partial charge on any atom is -0.373 e. The smallest absolute Gasteiger partial charge is 0.247 e. The summed E-state index contributed by atoms with van der Waals surface area (Å²) in [5, 5.41) is 13.2. The summed E-state index contributed by atoms with van der Waals surface area (Å²) in [6, 6.07) is 12.4. The van der Waals surface area contributed by atoms with E-state index >= 15 is 0 Å². The maximum Gasteiger partial charge on any atom is 0.247 e. The molecule has 3 aromatic rings. The Morgan fingerprint density at radius 3 is 2.62 bits per heavy atom. The number of aromatic nitrogens is 2. The lowest BCUT2D eigenvalue weighted by Gasteiger charge is -2.18. The van der Waals surface area contributed by atoms with Crippen LogP contribution in [0.15, 0.2) is 42.6 Å². The number of carbonyl (C=O) groups is 1. The minimum atomic E-state index is -0.357. The number of aryl methyl sites for hydroxylation is 2. The maximum atomic E-state index is 12.7. The summed E-state index contributed by atoms with van der Waals surface area (Å²) in [7, 11) is 0. The Hall–Kier alpha value is -2.82. The zero-order valence-electron chi connectivity index (χ0n) is 15.4. The zero-order chi connectivity index (χ0) is 18.3. The van der Waals surface area contributed by atoms with Crippen LogP contribution in [0.4, 0.5) is 11.5 Å². The minimum absolute atomic E-state index is 0.0735. The standard InChI is InChI=1S/C21H24N4O/c1-13(2)25-19(11-12-22-25)24-21(26)14(3)23-18-10-9-16-8-7-15-5-4-6-17(18)20(15)16/h4-6,9-14,23H,7-8H2,1-3H3,(H,24,26). The fraction of sp³-hybridized carbons (Fsp3) is 0.333. The lowest BCUT2D eigenvalue weighted by Crippen LogP contribution is -2.32. The van der Waals surface area contributed by atoms with Gasteiger partial charge in [0, 0.05) is 23.2 Å². The molecule has 0 aliphatic heterocycles. The topological polar surface area (TPSA) is 59.0 Å². The van der Waals surface area contributed by atoms with Gasteiger partial charge in [0.05, 0.1) is 6.20 Å². The van der Waals surface area contributed by atoms with Crippen molar-refractivity contribution >= 4 is 28.2 Å². The van der Waals surface area contributed by atoms with E-state index in [2.05, 4.69) is 46.1 Å². The third-order valence-corrected chi connectivity index (χ3v) is 5.05. The average molecular weight is 348 g/mol. The summed E-state index contributed by atoms with van der Waals surface area (Å²) in [4.78, 5) is 12.7. The SMILES string of the molecule is CC(Nc1ccc2c3c(cccc13)CC2)C(=O)Nc1ccnn1C(C)C. The highest BCUT2D eigenvalue weighted by molar-refractivity contribution is 6.02. The van der Waals surface area contributed by atoms with Gasteiger partial charge in [0.25, 0.3) is 0 Å². The third-order valence-electron chi connectivity index (χ3n) is 5.05. The Kier molecular flexibility index (Phi) is 4.15. The zero-order valence-corrected chi connectivity index (χ0v) is 15.4. The number of benzene rings is 2. The molecule has 0 bridgehead atoms. The molecule has 134 valence electrons. The van der Waals surface area contributed by atoms with Crippen molar-refractivity contribution in [1.29, 1.82) is 0 Å². The van der Waals surface area contributed by atoms with E-state index in [1.165, 1.54) is 21.9 Å². The van der Waals surface area contributed by atoms with Gasteiger partial charge < -0.3 is 10.6 Å². The van der Waals surface area contributed by atoms with Crippen LogP contribution in [-0.4, -0.2) is 21.7 Å². The largest absolute Gasteiger partial charge is 0.373 e. The summed E-state index contributed by atoms with van der Waals surface area (Å²) in [6.45, 7) is 5.96. The van der Waals surface area contributed by atoms with E-state index in [9.17, 15) is 4.79 Å². The molecule has 0 fully saturated rings. The molecular formula is C21H24N4O. The van der Waals surface area contributed by atoms with Crippen molar-refractivity contribution in [2.75, 3.05) is 10.6 Å². The fourth-order valence-electron chi connectivity index (χ4n) is 3.73. The number of amides is 1. The second kappa shape index (κ2) is 6.48. The highest BCUT2D eigenvalue weighted by Gasteiger charge is 2.19. The van der Waals surface area contributed by atoms with Gasteiger partial charge in [-0.2, -0.15) is 5.10 Å². The fourth-order valence-corrected chi connectivity index (χ4v) is 3.73. The summed E-state index contributed by atoms with van der Waals surface area (Å²) in [5.41, 5.74) is 3.81. The van der Waals surface area contributed by atoms with Gasteiger partial charge in [0.2, 0.25) is 5.91 Å². The number of anilines is 2. The van der Waals surface area contributed by atoms with Gasteiger partial charge in [-0.3, -0.25) is 4.79 Å². The number of carbonyl (C=O) groups excluding carboxylic acids is 1. The maximum absolute atomic E-state index is 12.7. The molecular weight excluding hydrogens is 324 g/mol. The van der Waals surface area contributed by atoms with E-state index in [0.29, 0.717) is 0 Å². The third kappa shape index (κ3) is 2.83. The van der Waals surface area contributed by atoms with Crippen LogP contribution in [0.1, 0.15) is 37.9 Å². The molecule has 0 radical (unpaired) electrons.